The normalized spacial score (nSPS) is 11.1. The number of ether oxygens (including phenoxy) is 4. The molecule has 0 heterocycles. The summed E-state index contributed by atoms with van der Waals surface area (Å²) in [6.07, 6.45) is -0.153. The number of carbonyl (C=O) groups is 1. The summed E-state index contributed by atoms with van der Waals surface area (Å²) in [7, 11) is 1.07. The lowest BCUT2D eigenvalue weighted by Gasteiger charge is -2.19. The van der Waals surface area contributed by atoms with Gasteiger partial charge in [-0.15, -0.1) is 0 Å². The van der Waals surface area contributed by atoms with Crippen molar-refractivity contribution < 1.29 is 46.7 Å². The molecule has 0 aromatic heterocycles. The molecule has 4 aromatic rings. The Kier molecular flexibility index (Phi) is 10.9. The molecule has 0 spiro atoms. The number of methoxy groups -OCH3 is 2. The average Bonchev–Trinajstić information content (AvgIpc) is 2.97. The lowest BCUT2D eigenvalue weighted by Crippen LogP contribution is -2.07. The van der Waals surface area contributed by atoms with Gasteiger partial charge in [-0.2, -0.15) is 0 Å². The zero-order chi connectivity index (χ0) is 30.9. The van der Waals surface area contributed by atoms with Gasteiger partial charge >= 0.3 is 5.97 Å². The predicted molar refractivity (Wildman–Crippen MR) is 158 cm³/mol. The van der Waals surface area contributed by atoms with Gasteiger partial charge < -0.3 is 33.1 Å². The van der Waals surface area contributed by atoms with Gasteiger partial charge in [0, 0.05) is 11.4 Å². The largest absolute Gasteiger partial charge is 0.494 e. The summed E-state index contributed by atoms with van der Waals surface area (Å²) in [4.78, 5) is 11.6. The summed E-state index contributed by atoms with van der Waals surface area (Å²) < 4.78 is 62.2. The highest BCUT2D eigenvalue weighted by Crippen LogP contribution is 2.40. The molecule has 0 amide bonds. The van der Waals surface area contributed by atoms with E-state index in [1.165, 1.54) is 50.6 Å². The number of hydrogen-bond acceptors (Lipinski definition) is 7. The Labute approximate surface area is 249 Å². The van der Waals surface area contributed by atoms with Crippen LogP contribution in [-0.2, 0) is 22.3 Å². The van der Waals surface area contributed by atoms with Crippen LogP contribution in [0.5, 0.6) is 28.7 Å². The van der Waals surface area contributed by atoms with Gasteiger partial charge in [0.15, 0.2) is 23.1 Å². The molecule has 8 nitrogen and oxygen atoms in total. The molecule has 0 atom stereocenters. The standard InChI is InChI=1S/C32H31F2O8P/c1-20(2)41-25-15-23(32(35)36)16-26(17-25)42-24-7-9-27(10-8-24)43(39-18-21-5-11-30(37-3)28(33)13-21)40-19-22-6-12-31(38-4)29(34)14-22/h5-17,20H,18-19H2,1-4H3,(H,35,36). The minimum Gasteiger partial charge on any atom is -0.494 e. The topological polar surface area (TPSA) is 92.7 Å². The maximum Gasteiger partial charge on any atom is 0.335 e. The minimum atomic E-state index is -1.71. The fourth-order valence-electron chi connectivity index (χ4n) is 3.92. The van der Waals surface area contributed by atoms with E-state index in [4.69, 9.17) is 28.0 Å². The number of rotatable bonds is 14. The van der Waals surface area contributed by atoms with Crippen molar-refractivity contribution in [2.24, 2.45) is 0 Å². The number of halogens is 2. The number of hydrogen-bond donors (Lipinski definition) is 1. The van der Waals surface area contributed by atoms with Crippen LogP contribution in [-0.4, -0.2) is 31.4 Å². The van der Waals surface area contributed by atoms with Crippen molar-refractivity contribution in [3.05, 3.63) is 107 Å². The highest BCUT2D eigenvalue weighted by Gasteiger charge is 2.17. The lowest BCUT2D eigenvalue weighted by molar-refractivity contribution is 0.0695. The van der Waals surface area contributed by atoms with Crippen molar-refractivity contribution >= 4 is 19.6 Å². The van der Waals surface area contributed by atoms with Crippen LogP contribution in [0, 0.1) is 11.6 Å². The van der Waals surface area contributed by atoms with Gasteiger partial charge in [-0.3, -0.25) is 0 Å². The smallest absolute Gasteiger partial charge is 0.335 e. The van der Waals surface area contributed by atoms with E-state index in [-0.39, 0.29) is 36.4 Å². The van der Waals surface area contributed by atoms with Crippen molar-refractivity contribution in [3.63, 3.8) is 0 Å². The van der Waals surface area contributed by atoms with Crippen LogP contribution < -0.4 is 24.3 Å². The predicted octanol–water partition coefficient (Wildman–Crippen LogP) is 7.63. The third-order valence-corrected chi connectivity index (χ3v) is 7.36. The molecule has 0 aliphatic carbocycles. The van der Waals surface area contributed by atoms with Crippen LogP contribution in [0.15, 0.2) is 78.9 Å². The molecule has 0 radical (unpaired) electrons. The van der Waals surface area contributed by atoms with Crippen LogP contribution in [0.25, 0.3) is 0 Å². The molecule has 0 aliphatic heterocycles. The Bertz CT molecular complexity index is 1490. The van der Waals surface area contributed by atoms with E-state index in [1.807, 2.05) is 13.8 Å². The maximum atomic E-state index is 14.2. The van der Waals surface area contributed by atoms with Crippen LogP contribution in [0.3, 0.4) is 0 Å². The van der Waals surface area contributed by atoms with Gasteiger partial charge in [0.25, 0.3) is 0 Å². The first-order valence-corrected chi connectivity index (χ1v) is 14.4. The van der Waals surface area contributed by atoms with Gasteiger partial charge in [-0.1, -0.05) is 12.1 Å². The Morgan fingerprint density at radius 3 is 1.74 bits per heavy atom. The highest BCUT2D eigenvalue weighted by atomic mass is 31.2. The zero-order valence-corrected chi connectivity index (χ0v) is 24.9. The molecule has 0 saturated heterocycles. The zero-order valence-electron chi connectivity index (χ0n) is 24.0. The van der Waals surface area contributed by atoms with Gasteiger partial charge in [0.1, 0.15) is 17.2 Å². The second kappa shape index (κ2) is 14.8. The molecule has 0 unspecified atom stereocenters. The van der Waals surface area contributed by atoms with E-state index in [0.717, 1.165) is 0 Å². The first-order chi connectivity index (χ1) is 20.6. The maximum absolute atomic E-state index is 14.2. The van der Waals surface area contributed by atoms with E-state index in [2.05, 4.69) is 0 Å². The number of aromatic carboxylic acids is 1. The van der Waals surface area contributed by atoms with E-state index in [9.17, 15) is 18.7 Å². The molecule has 43 heavy (non-hydrogen) atoms. The number of benzene rings is 4. The van der Waals surface area contributed by atoms with Crippen molar-refractivity contribution in [1.29, 1.82) is 0 Å². The molecule has 226 valence electrons. The van der Waals surface area contributed by atoms with E-state index < -0.39 is 26.0 Å². The quantitative estimate of drug-likeness (QED) is 0.145. The molecule has 0 saturated carbocycles. The van der Waals surface area contributed by atoms with Crippen LogP contribution in [0.1, 0.15) is 35.3 Å². The van der Waals surface area contributed by atoms with E-state index in [1.54, 1.807) is 42.5 Å². The summed E-state index contributed by atoms with van der Waals surface area (Å²) in [5.41, 5.74) is 1.17. The van der Waals surface area contributed by atoms with E-state index >= 15 is 0 Å². The summed E-state index contributed by atoms with van der Waals surface area (Å²) in [6.45, 7) is 3.77. The Morgan fingerprint density at radius 2 is 1.28 bits per heavy atom. The Balaban J connectivity index is 1.53. The summed E-state index contributed by atoms with van der Waals surface area (Å²) in [5.74, 6) is -0.796. The van der Waals surface area contributed by atoms with Crippen LogP contribution in [0.2, 0.25) is 0 Å². The van der Waals surface area contributed by atoms with Crippen LogP contribution in [0.4, 0.5) is 8.78 Å². The highest BCUT2D eigenvalue weighted by molar-refractivity contribution is 7.55. The van der Waals surface area contributed by atoms with Gasteiger partial charge in [0.05, 0.1) is 39.1 Å². The first-order valence-electron chi connectivity index (χ1n) is 13.2. The summed E-state index contributed by atoms with van der Waals surface area (Å²) >= 11 is 0. The second-order valence-corrected chi connectivity index (χ2v) is 11.0. The number of carboxylic acids is 1. The van der Waals surface area contributed by atoms with Crippen LogP contribution >= 0.6 is 8.38 Å². The molecular weight excluding hydrogens is 581 g/mol. The average molecular weight is 613 g/mol. The molecule has 4 rings (SSSR count). The Morgan fingerprint density at radius 1 is 0.744 bits per heavy atom. The lowest BCUT2D eigenvalue weighted by atomic mass is 10.2. The Hall–Kier alpha value is -4.24. The first kappa shape index (κ1) is 31.7. The van der Waals surface area contributed by atoms with Crippen molar-refractivity contribution in [2.75, 3.05) is 14.2 Å². The molecule has 0 fully saturated rings. The van der Waals surface area contributed by atoms with Gasteiger partial charge in [0.2, 0.25) is 8.38 Å². The van der Waals surface area contributed by atoms with Crippen molar-refractivity contribution in [3.8, 4) is 28.7 Å². The third-order valence-electron chi connectivity index (χ3n) is 5.91. The molecule has 4 aromatic carbocycles. The summed E-state index contributed by atoms with van der Waals surface area (Å²) in [5, 5.41) is 10.2. The SMILES string of the molecule is COc1ccc(COP(OCc2ccc(OC)c(F)c2)c2ccc(Oc3cc(OC(C)C)cc(C(=O)O)c3)cc2)cc1F. The van der Waals surface area contributed by atoms with Gasteiger partial charge in [-0.25, -0.2) is 13.6 Å². The summed E-state index contributed by atoms with van der Waals surface area (Å²) in [6, 6.07) is 20.4. The molecule has 1 N–H and O–H groups in total. The fourth-order valence-corrected chi connectivity index (χ4v) is 5.22. The van der Waals surface area contributed by atoms with E-state index in [0.29, 0.717) is 33.7 Å². The molecule has 0 bridgehead atoms. The molecule has 0 aliphatic rings. The number of carboxylic acid groups (broad SMARTS) is 1. The van der Waals surface area contributed by atoms with Crippen molar-refractivity contribution in [2.45, 2.75) is 33.2 Å². The monoisotopic (exact) mass is 612 g/mol. The molecular formula is C32H31F2O8P. The fraction of sp³-hybridized carbons (Fsp3) is 0.219. The molecule has 11 heteroatoms. The minimum absolute atomic E-state index is 0.0278. The third kappa shape index (κ3) is 8.88. The van der Waals surface area contributed by atoms with Gasteiger partial charge in [-0.05, 0) is 85.6 Å². The van der Waals surface area contributed by atoms with Crippen molar-refractivity contribution in [1.82, 2.24) is 0 Å². The second-order valence-electron chi connectivity index (χ2n) is 9.50.